The zero-order chi connectivity index (χ0) is 14.0. The number of benzene rings is 1. The minimum absolute atomic E-state index is 0.142. The molecule has 0 unspecified atom stereocenters. The highest BCUT2D eigenvalue weighted by Crippen LogP contribution is 2.20. The second kappa shape index (κ2) is 5.96. The monoisotopic (exact) mass is 377 g/mol. The van der Waals surface area contributed by atoms with E-state index >= 15 is 0 Å². The zero-order valence-electron chi connectivity index (χ0n) is 10.6. The summed E-state index contributed by atoms with van der Waals surface area (Å²) in [5.41, 5.74) is 0.436. The molecule has 0 spiro atoms. The largest absolute Gasteiger partial charge is 0.310 e. The minimum Gasteiger partial charge on any atom is -0.310 e. The highest BCUT2D eigenvalue weighted by molar-refractivity contribution is 14.1. The average Bonchev–Trinajstić information content (AvgIpc) is 2.72. The van der Waals surface area contributed by atoms with Crippen LogP contribution in [0.5, 0.6) is 0 Å². The average molecular weight is 377 g/mol. The second-order valence-corrected chi connectivity index (χ2v) is 5.79. The van der Waals surface area contributed by atoms with E-state index in [4.69, 9.17) is 0 Å². The lowest BCUT2D eigenvalue weighted by molar-refractivity contribution is 0.546. The molecule has 2 aromatic rings. The van der Waals surface area contributed by atoms with Gasteiger partial charge in [-0.15, -0.1) is 0 Å². The molecule has 0 amide bonds. The molecular formula is C13H14F2IN3. The fourth-order valence-corrected chi connectivity index (χ4v) is 2.07. The first-order valence-corrected chi connectivity index (χ1v) is 6.97. The second-order valence-electron chi connectivity index (χ2n) is 4.55. The number of nitrogens with zero attached hydrogens (tertiary/aromatic N) is 2. The fourth-order valence-electron chi connectivity index (χ4n) is 1.68. The molecule has 3 nitrogen and oxygen atoms in total. The first kappa shape index (κ1) is 14.4. The summed E-state index contributed by atoms with van der Waals surface area (Å²) in [5, 5.41) is 7.05. The SMILES string of the molecule is CC(C)NCc1cc(F)c(-n2cc(I)cn2)c(F)c1. The van der Waals surface area contributed by atoms with Crippen LogP contribution in [0.3, 0.4) is 0 Å². The smallest absolute Gasteiger partial charge is 0.152 e. The van der Waals surface area contributed by atoms with E-state index in [1.165, 1.54) is 16.8 Å². The van der Waals surface area contributed by atoms with E-state index in [0.717, 1.165) is 3.57 Å². The molecule has 0 aliphatic carbocycles. The quantitative estimate of drug-likeness (QED) is 0.830. The lowest BCUT2D eigenvalue weighted by Gasteiger charge is -2.11. The minimum atomic E-state index is -0.611. The molecule has 0 fully saturated rings. The lowest BCUT2D eigenvalue weighted by atomic mass is 10.1. The van der Waals surface area contributed by atoms with Crippen molar-refractivity contribution in [1.82, 2.24) is 15.1 Å². The van der Waals surface area contributed by atoms with E-state index in [0.29, 0.717) is 12.1 Å². The van der Waals surface area contributed by atoms with Crippen LogP contribution in [0.4, 0.5) is 8.78 Å². The molecule has 0 aliphatic rings. The van der Waals surface area contributed by atoms with Gasteiger partial charge in [0, 0.05) is 18.8 Å². The fraction of sp³-hybridized carbons (Fsp3) is 0.308. The normalized spacial score (nSPS) is 11.3. The maximum atomic E-state index is 14.0. The molecule has 0 bridgehead atoms. The Morgan fingerprint density at radius 2 is 1.95 bits per heavy atom. The molecule has 0 radical (unpaired) electrons. The number of rotatable bonds is 4. The van der Waals surface area contributed by atoms with Crippen molar-refractivity contribution in [2.75, 3.05) is 0 Å². The van der Waals surface area contributed by atoms with Crippen LogP contribution in [0.1, 0.15) is 19.4 Å². The number of aromatic nitrogens is 2. The third-order valence-electron chi connectivity index (χ3n) is 2.57. The molecule has 2 rings (SSSR count). The van der Waals surface area contributed by atoms with Gasteiger partial charge in [0.2, 0.25) is 0 Å². The van der Waals surface area contributed by atoms with Gasteiger partial charge < -0.3 is 5.32 Å². The van der Waals surface area contributed by atoms with E-state index in [2.05, 4.69) is 10.4 Å². The molecule has 1 N–H and O–H groups in total. The van der Waals surface area contributed by atoms with Gasteiger partial charge in [-0.1, -0.05) is 13.8 Å². The molecule has 19 heavy (non-hydrogen) atoms. The van der Waals surface area contributed by atoms with E-state index in [9.17, 15) is 8.78 Å². The summed E-state index contributed by atoms with van der Waals surface area (Å²) in [7, 11) is 0. The van der Waals surface area contributed by atoms with Gasteiger partial charge in [0.15, 0.2) is 11.6 Å². The number of hydrogen-bond acceptors (Lipinski definition) is 2. The Morgan fingerprint density at radius 3 is 2.42 bits per heavy atom. The van der Waals surface area contributed by atoms with Crippen molar-refractivity contribution < 1.29 is 8.78 Å². The summed E-state index contributed by atoms with van der Waals surface area (Å²) in [6.07, 6.45) is 3.13. The van der Waals surface area contributed by atoms with Gasteiger partial charge >= 0.3 is 0 Å². The van der Waals surface area contributed by atoms with E-state index < -0.39 is 11.6 Å². The molecule has 102 valence electrons. The van der Waals surface area contributed by atoms with Crippen LogP contribution in [0.2, 0.25) is 0 Å². The Bertz CT molecular complexity index is 558. The van der Waals surface area contributed by atoms with Gasteiger partial charge in [0.1, 0.15) is 5.69 Å². The van der Waals surface area contributed by atoms with Gasteiger partial charge in [-0.2, -0.15) is 5.10 Å². The maximum Gasteiger partial charge on any atom is 0.152 e. The van der Waals surface area contributed by atoms with Gasteiger partial charge in [-0.05, 0) is 40.3 Å². The summed E-state index contributed by atoms with van der Waals surface area (Å²) in [4.78, 5) is 0. The van der Waals surface area contributed by atoms with Gasteiger partial charge in [0.25, 0.3) is 0 Å². The van der Waals surface area contributed by atoms with Crippen LogP contribution in [-0.4, -0.2) is 15.8 Å². The van der Waals surface area contributed by atoms with E-state index in [1.807, 2.05) is 36.4 Å². The van der Waals surface area contributed by atoms with Crippen LogP contribution in [-0.2, 0) is 6.54 Å². The summed E-state index contributed by atoms with van der Waals surface area (Å²) < 4.78 is 30.0. The van der Waals surface area contributed by atoms with Crippen LogP contribution in [0, 0.1) is 15.2 Å². The summed E-state index contributed by atoms with van der Waals surface area (Å²) >= 11 is 2.04. The van der Waals surface area contributed by atoms with E-state index in [1.54, 1.807) is 12.4 Å². The molecular weight excluding hydrogens is 363 g/mol. The van der Waals surface area contributed by atoms with Crippen LogP contribution in [0.15, 0.2) is 24.5 Å². The van der Waals surface area contributed by atoms with Crippen molar-refractivity contribution in [1.29, 1.82) is 0 Å². The predicted molar refractivity (Wildman–Crippen MR) is 78.2 cm³/mol. The Morgan fingerprint density at radius 1 is 1.32 bits per heavy atom. The van der Waals surface area contributed by atoms with Crippen molar-refractivity contribution in [2.24, 2.45) is 0 Å². The predicted octanol–water partition coefficient (Wildman–Crippen LogP) is 3.25. The van der Waals surface area contributed by atoms with Crippen LogP contribution < -0.4 is 5.32 Å². The van der Waals surface area contributed by atoms with Crippen molar-refractivity contribution in [2.45, 2.75) is 26.4 Å². The molecule has 0 atom stereocenters. The molecule has 1 aromatic heterocycles. The molecule has 1 heterocycles. The van der Waals surface area contributed by atoms with Crippen molar-refractivity contribution >= 4 is 22.6 Å². The summed E-state index contributed by atoms with van der Waals surface area (Å²) in [6.45, 7) is 4.39. The van der Waals surface area contributed by atoms with Gasteiger partial charge in [-0.25, -0.2) is 13.5 Å². The highest BCUT2D eigenvalue weighted by atomic mass is 127. The maximum absolute atomic E-state index is 14.0. The van der Waals surface area contributed by atoms with Crippen LogP contribution >= 0.6 is 22.6 Å². The summed E-state index contributed by atoms with van der Waals surface area (Å²) in [6, 6.07) is 2.93. The Labute approximate surface area is 124 Å². The van der Waals surface area contributed by atoms with Crippen LogP contribution in [0.25, 0.3) is 5.69 Å². The third kappa shape index (κ3) is 3.50. The topological polar surface area (TPSA) is 29.9 Å². The van der Waals surface area contributed by atoms with Crippen molar-refractivity contribution in [3.63, 3.8) is 0 Å². The van der Waals surface area contributed by atoms with Gasteiger partial charge in [-0.3, -0.25) is 0 Å². The lowest BCUT2D eigenvalue weighted by Crippen LogP contribution is -2.22. The number of nitrogens with one attached hydrogen (secondary N) is 1. The summed E-state index contributed by atoms with van der Waals surface area (Å²) in [5.74, 6) is -1.22. The number of hydrogen-bond donors (Lipinski definition) is 1. The Kier molecular flexibility index (Phi) is 4.51. The Hall–Kier alpha value is -1.02. The van der Waals surface area contributed by atoms with Crippen molar-refractivity contribution in [3.05, 3.63) is 45.3 Å². The molecule has 0 aliphatic heterocycles. The molecule has 1 aromatic carbocycles. The highest BCUT2D eigenvalue weighted by Gasteiger charge is 2.14. The zero-order valence-corrected chi connectivity index (χ0v) is 12.8. The first-order chi connectivity index (χ1) is 8.97. The van der Waals surface area contributed by atoms with Gasteiger partial charge in [0.05, 0.1) is 9.77 Å². The molecule has 6 heteroatoms. The first-order valence-electron chi connectivity index (χ1n) is 5.89. The van der Waals surface area contributed by atoms with E-state index in [-0.39, 0.29) is 11.7 Å². The molecule has 0 saturated heterocycles. The third-order valence-corrected chi connectivity index (χ3v) is 3.13. The number of halogens is 3. The molecule has 0 saturated carbocycles. The standard InChI is InChI=1S/C13H14F2IN3/c1-8(2)17-5-9-3-11(14)13(12(15)4-9)19-7-10(16)6-18-19/h3-4,6-8,17H,5H2,1-2H3. The van der Waals surface area contributed by atoms with Crippen molar-refractivity contribution in [3.8, 4) is 5.69 Å². The Balaban J connectivity index is 2.32.